The first-order chi connectivity index (χ1) is 8.97. The molecule has 5 nitrogen and oxygen atoms in total. The lowest BCUT2D eigenvalue weighted by molar-refractivity contribution is 0.275. The van der Waals surface area contributed by atoms with E-state index in [0.717, 1.165) is 11.1 Å². The third-order valence-electron chi connectivity index (χ3n) is 2.98. The summed E-state index contributed by atoms with van der Waals surface area (Å²) in [6.45, 7) is 2.69. The lowest BCUT2D eigenvalue weighted by Crippen LogP contribution is -2.39. The van der Waals surface area contributed by atoms with Crippen LogP contribution in [0.25, 0.3) is 0 Å². The molecule has 0 heterocycles. The summed E-state index contributed by atoms with van der Waals surface area (Å²) in [5.74, 6) is 0. The molecule has 1 rings (SSSR count). The summed E-state index contributed by atoms with van der Waals surface area (Å²) in [5.41, 5.74) is 2.30. The van der Waals surface area contributed by atoms with Gasteiger partial charge in [0.25, 0.3) is 10.2 Å². The molecule has 108 valence electrons. The van der Waals surface area contributed by atoms with Crippen molar-refractivity contribution in [2.75, 3.05) is 26.7 Å². The summed E-state index contributed by atoms with van der Waals surface area (Å²) in [5, 5.41) is 8.69. The number of nitrogens with zero attached hydrogens (tertiary/aromatic N) is 1. The highest BCUT2D eigenvalue weighted by molar-refractivity contribution is 7.87. The van der Waals surface area contributed by atoms with Crippen molar-refractivity contribution in [2.24, 2.45) is 0 Å². The van der Waals surface area contributed by atoms with Crippen LogP contribution in [0.1, 0.15) is 17.5 Å². The van der Waals surface area contributed by atoms with Crippen LogP contribution in [0.15, 0.2) is 24.3 Å². The zero-order chi connectivity index (χ0) is 14.3. The Morgan fingerprint density at radius 3 is 2.63 bits per heavy atom. The maximum absolute atomic E-state index is 11.8. The third kappa shape index (κ3) is 5.28. The Kier molecular flexibility index (Phi) is 6.44. The van der Waals surface area contributed by atoms with Crippen molar-refractivity contribution >= 4 is 10.2 Å². The quantitative estimate of drug-likeness (QED) is 0.738. The molecule has 0 atom stereocenters. The molecule has 6 heteroatoms. The molecule has 0 saturated carbocycles. The summed E-state index contributed by atoms with van der Waals surface area (Å²) < 4.78 is 27.5. The summed E-state index contributed by atoms with van der Waals surface area (Å²) in [7, 11) is -1.94. The fraction of sp³-hybridized carbons (Fsp3) is 0.538. The number of rotatable bonds is 8. The molecule has 0 aliphatic carbocycles. The van der Waals surface area contributed by atoms with E-state index in [1.54, 1.807) is 0 Å². The van der Waals surface area contributed by atoms with E-state index in [4.69, 9.17) is 5.11 Å². The van der Waals surface area contributed by atoms with E-state index in [2.05, 4.69) is 4.72 Å². The first-order valence-electron chi connectivity index (χ1n) is 6.33. The molecule has 0 bridgehead atoms. The minimum absolute atomic E-state index is 0.0108. The lowest BCUT2D eigenvalue weighted by atomic mass is 10.1. The van der Waals surface area contributed by atoms with Crippen molar-refractivity contribution in [3.05, 3.63) is 35.4 Å². The highest BCUT2D eigenvalue weighted by atomic mass is 32.2. The van der Waals surface area contributed by atoms with Gasteiger partial charge < -0.3 is 5.11 Å². The molecule has 0 spiro atoms. The van der Waals surface area contributed by atoms with Crippen LogP contribution in [0, 0.1) is 6.92 Å². The minimum Gasteiger partial charge on any atom is -0.396 e. The third-order valence-corrected chi connectivity index (χ3v) is 4.55. The fourth-order valence-electron chi connectivity index (χ4n) is 1.73. The van der Waals surface area contributed by atoms with Crippen LogP contribution in [-0.2, 0) is 16.6 Å². The van der Waals surface area contributed by atoms with Gasteiger partial charge in [0.2, 0.25) is 0 Å². The highest BCUT2D eigenvalue weighted by Crippen LogP contribution is 2.07. The Labute approximate surface area is 115 Å². The van der Waals surface area contributed by atoms with Gasteiger partial charge in [0, 0.05) is 26.7 Å². The standard InChI is InChI=1S/C13H22N2O3S/c1-12-6-3-4-7-13(12)8-9-14-19(17,18)15(2)10-5-11-16/h3-4,6-7,14,16H,5,8-11H2,1-2H3. The van der Waals surface area contributed by atoms with Crippen LogP contribution in [0.3, 0.4) is 0 Å². The number of aliphatic hydroxyl groups excluding tert-OH is 1. The molecule has 0 radical (unpaired) electrons. The van der Waals surface area contributed by atoms with Crippen LogP contribution < -0.4 is 4.72 Å². The molecule has 0 aliphatic heterocycles. The van der Waals surface area contributed by atoms with Gasteiger partial charge in [-0.2, -0.15) is 12.7 Å². The number of benzene rings is 1. The van der Waals surface area contributed by atoms with Gasteiger partial charge in [0.1, 0.15) is 0 Å². The van der Waals surface area contributed by atoms with Gasteiger partial charge >= 0.3 is 0 Å². The Morgan fingerprint density at radius 1 is 1.32 bits per heavy atom. The molecule has 0 aromatic heterocycles. The minimum atomic E-state index is -3.44. The maximum Gasteiger partial charge on any atom is 0.279 e. The van der Waals surface area contributed by atoms with Crippen LogP contribution in [0.4, 0.5) is 0 Å². The molecular formula is C13H22N2O3S. The van der Waals surface area contributed by atoms with Gasteiger partial charge in [-0.15, -0.1) is 0 Å². The summed E-state index contributed by atoms with van der Waals surface area (Å²) >= 11 is 0. The topological polar surface area (TPSA) is 69.6 Å². The van der Waals surface area contributed by atoms with Gasteiger partial charge in [-0.1, -0.05) is 24.3 Å². The molecule has 1 aromatic carbocycles. The monoisotopic (exact) mass is 286 g/mol. The largest absolute Gasteiger partial charge is 0.396 e. The Balaban J connectivity index is 2.46. The molecule has 1 aromatic rings. The normalized spacial score (nSPS) is 12.0. The van der Waals surface area contributed by atoms with E-state index in [-0.39, 0.29) is 6.61 Å². The molecule has 0 saturated heterocycles. The van der Waals surface area contributed by atoms with Gasteiger partial charge in [0.05, 0.1) is 0 Å². The Morgan fingerprint density at radius 2 is 2.00 bits per heavy atom. The van der Waals surface area contributed by atoms with Crippen molar-refractivity contribution in [2.45, 2.75) is 19.8 Å². The second-order valence-electron chi connectivity index (χ2n) is 4.47. The molecule has 0 amide bonds. The highest BCUT2D eigenvalue weighted by Gasteiger charge is 2.15. The van der Waals surface area contributed by atoms with E-state index in [1.807, 2.05) is 31.2 Å². The Hall–Kier alpha value is -0.950. The number of aliphatic hydroxyl groups is 1. The number of hydrogen-bond acceptors (Lipinski definition) is 3. The molecule has 0 fully saturated rings. The van der Waals surface area contributed by atoms with Gasteiger partial charge in [0.15, 0.2) is 0 Å². The van der Waals surface area contributed by atoms with E-state index in [0.29, 0.717) is 25.9 Å². The Bertz CT molecular complexity index is 488. The van der Waals surface area contributed by atoms with Crippen molar-refractivity contribution in [3.8, 4) is 0 Å². The second-order valence-corrected chi connectivity index (χ2v) is 6.34. The zero-order valence-corrected chi connectivity index (χ0v) is 12.3. The smallest absolute Gasteiger partial charge is 0.279 e. The lowest BCUT2D eigenvalue weighted by Gasteiger charge is -2.17. The number of aryl methyl sites for hydroxylation is 1. The van der Waals surface area contributed by atoms with E-state index in [9.17, 15) is 8.42 Å². The molecule has 0 aliphatic rings. The summed E-state index contributed by atoms with van der Waals surface area (Å²) in [4.78, 5) is 0. The molecule has 19 heavy (non-hydrogen) atoms. The van der Waals surface area contributed by atoms with Gasteiger partial charge in [-0.3, -0.25) is 0 Å². The number of nitrogens with one attached hydrogen (secondary N) is 1. The fourth-order valence-corrected chi connectivity index (χ4v) is 2.68. The van der Waals surface area contributed by atoms with E-state index >= 15 is 0 Å². The van der Waals surface area contributed by atoms with Crippen LogP contribution in [0.5, 0.6) is 0 Å². The number of hydrogen-bond donors (Lipinski definition) is 2. The summed E-state index contributed by atoms with van der Waals surface area (Å²) in [6, 6.07) is 7.92. The van der Waals surface area contributed by atoms with Crippen molar-refractivity contribution in [1.82, 2.24) is 9.03 Å². The zero-order valence-electron chi connectivity index (χ0n) is 11.5. The van der Waals surface area contributed by atoms with Crippen LogP contribution in [0.2, 0.25) is 0 Å². The van der Waals surface area contributed by atoms with Crippen molar-refractivity contribution in [3.63, 3.8) is 0 Å². The van der Waals surface area contributed by atoms with Crippen molar-refractivity contribution < 1.29 is 13.5 Å². The van der Waals surface area contributed by atoms with Crippen LogP contribution >= 0.6 is 0 Å². The first-order valence-corrected chi connectivity index (χ1v) is 7.77. The molecule has 2 N–H and O–H groups in total. The summed E-state index contributed by atoms with van der Waals surface area (Å²) in [6.07, 6.45) is 1.11. The van der Waals surface area contributed by atoms with Crippen molar-refractivity contribution in [1.29, 1.82) is 0 Å². The predicted molar refractivity (Wildman–Crippen MR) is 76.1 cm³/mol. The van der Waals surface area contributed by atoms with Gasteiger partial charge in [-0.25, -0.2) is 4.72 Å². The maximum atomic E-state index is 11.8. The average Bonchev–Trinajstić information content (AvgIpc) is 2.38. The van der Waals surface area contributed by atoms with E-state index in [1.165, 1.54) is 11.4 Å². The van der Waals surface area contributed by atoms with Gasteiger partial charge in [-0.05, 0) is 30.9 Å². The first kappa shape index (κ1) is 16.1. The van der Waals surface area contributed by atoms with E-state index < -0.39 is 10.2 Å². The molecule has 0 unspecified atom stereocenters. The second kappa shape index (κ2) is 7.59. The SMILES string of the molecule is Cc1ccccc1CCNS(=O)(=O)N(C)CCCO. The predicted octanol–water partition coefficient (Wildman–Crippen LogP) is 0.686. The average molecular weight is 286 g/mol. The molecular weight excluding hydrogens is 264 g/mol. The van der Waals surface area contributed by atoms with Crippen LogP contribution in [-0.4, -0.2) is 44.6 Å².